The van der Waals surface area contributed by atoms with Crippen LogP contribution in [0.15, 0.2) is 18.2 Å². The zero-order valence-electron chi connectivity index (χ0n) is 10.4. The van der Waals surface area contributed by atoms with Gasteiger partial charge in [0, 0.05) is 12.5 Å². The Balaban J connectivity index is 2.05. The zero-order valence-corrected chi connectivity index (χ0v) is 10.4. The smallest absolute Gasteiger partial charge is 0.169 e. The molecule has 1 aliphatic heterocycles. The van der Waals surface area contributed by atoms with Crippen molar-refractivity contribution < 1.29 is 13.6 Å². The average Bonchev–Trinajstić information content (AvgIpc) is 2.32. The van der Waals surface area contributed by atoms with Crippen molar-refractivity contribution in [1.29, 1.82) is 0 Å². The lowest BCUT2D eigenvalue weighted by molar-refractivity contribution is 0.0954. The quantitative estimate of drug-likeness (QED) is 0.839. The number of carbonyl (C=O) groups excluding carboxylic acids is 1. The first kappa shape index (κ1) is 13.1. The van der Waals surface area contributed by atoms with Gasteiger partial charge in [0.15, 0.2) is 17.4 Å². The van der Waals surface area contributed by atoms with Crippen molar-refractivity contribution >= 4 is 5.78 Å². The number of halogens is 2. The summed E-state index contributed by atoms with van der Waals surface area (Å²) < 4.78 is 26.5. The van der Waals surface area contributed by atoms with Gasteiger partial charge < -0.3 is 5.32 Å². The van der Waals surface area contributed by atoms with Crippen LogP contribution in [0.3, 0.4) is 0 Å². The molecule has 1 fully saturated rings. The van der Waals surface area contributed by atoms with E-state index < -0.39 is 11.6 Å². The molecule has 1 saturated heterocycles. The maximum atomic E-state index is 13.5. The molecule has 1 aromatic carbocycles. The fourth-order valence-corrected chi connectivity index (χ4v) is 2.43. The zero-order chi connectivity index (χ0) is 13.1. The number of rotatable bonds is 3. The molecule has 2 unspecified atom stereocenters. The molecular formula is C14H17F2NO. The van der Waals surface area contributed by atoms with E-state index in [2.05, 4.69) is 12.2 Å². The van der Waals surface area contributed by atoms with Gasteiger partial charge in [-0.15, -0.1) is 0 Å². The Kier molecular flexibility index (Phi) is 4.07. The Morgan fingerprint density at radius 3 is 2.94 bits per heavy atom. The Bertz CT molecular complexity index is 447. The molecule has 2 rings (SSSR count). The van der Waals surface area contributed by atoms with Crippen molar-refractivity contribution in [3.63, 3.8) is 0 Å². The first-order chi connectivity index (χ1) is 8.58. The molecular weight excluding hydrogens is 236 g/mol. The van der Waals surface area contributed by atoms with Crippen LogP contribution in [0.5, 0.6) is 0 Å². The van der Waals surface area contributed by atoms with E-state index in [-0.39, 0.29) is 23.8 Å². The third kappa shape index (κ3) is 2.93. The van der Waals surface area contributed by atoms with Gasteiger partial charge in [-0.05, 0) is 37.4 Å². The Morgan fingerprint density at radius 1 is 1.44 bits per heavy atom. The number of piperidine rings is 1. The van der Waals surface area contributed by atoms with E-state index in [4.69, 9.17) is 0 Å². The van der Waals surface area contributed by atoms with Gasteiger partial charge in [0.1, 0.15) is 0 Å². The van der Waals surface area contributed by atoms with Crippen molar-refractivity contribution in [3.8, 4) is 0 Å². The standard InChI is InChI=1S/C14H17F2NO/c1-9-5-6-17-10(7-9)8-13(18)11-3-2-4-12(15)14(11)16/h2-4,9-10,17H,5-8H2,1H3. The summed E-state index contributed by atoms with van der Waals surface area (Å²) in [5.74, 6) is -1.77. The molecule has 0 aromatic heterocycles. The van der Waals surface area contributed by atoms with Gasteiger partial charge in [0.05, 0.1) is 5.56 Å². The van der Waals surface area contributed by atoms with Crippen molar-refractivity contribution in [2.75, 3.05) is 6.54 Å². The van der Waals surface area contributed by atoms with Crippen molar-refractivity contribution in [2.45, 2.75) is 32.2 Å². The lowest BCUT2D eigenvalue weighted by Gasteiger charge is -2.27. The minimum atomic E-state index is -1.04. The van der Waals surface area contributed by atoms with Gasteiger partial charge in [-0.1, -0.05) is 13.0 Å². The van der Waals surface area contributed by atoms with E-state index in [0.717, 1.165) is 25.5 Å². The number of nitrogens with one attached hydrogen (secondary N) is 1. The number of hydrogen-bond acceptors (Lipinski definition) is 2. The molecule has 0 spiro atoms. The normalized spacial score (nSPS) is 23.9. The number of Topliss-reactive ketones (excluding diaryl/α,β-unsaturated/α-hetero) is 1. The Morgan fingerprint density at radius 2 is 2.22 bits per heavy atom. The fourth-order valence-electron chi connectivity index (χ4n) is 2.43. The largest absolute Gasteiger partial charge is 0.314 e. The molecule has 98 valence electrons. The number of hydrogen-bond donors (Lipinski definition) is 1. The maximum absolute atomic E-state index is 13.5. The van der Waals surface area contributed by atoms with Gasteiger partial charge in [-0.3, -0.25) is 4.79 Å². The SMILES string of the molecule is CC1CCNC(CC(=O)c2cccc(F)c2F)C1. The molecule has 0 bridgehead atoms. The molecule has 2 nitrogen and oxygen atoms in total. The van der Waals surface area contributed by atoms with Crippen LogP contribution >= 0.6 is 0 Å². The highest BCUT2D eigenvalue weighted by molar-refractivity contribution is 5.96. The Hall–Kier alpha value is -1.29. The highest BCUT2D eigenvalue weighted by Crippen LogP contribution is 2.20. The van der Waals surface area contributed by atoms with Gasteiger partial charge >= 0.3 is 0 Å². The molecule has 18 heavy (non-hydrogen) atoms. The van der Waals surface area contributed by atoms with Gasteiger partial charge in [0.2, 0.25) is 0 Å². The van der Waals surface area contributed by atoms with Crippen LogP contribution < -0.4 is 5.32 Å². The second kappa shape index (κ2) is 5.57. The third-order valence-corrected chi connectivity index (χ3v) is 3.44. The summed E-state index contributed by atoms with van der Waals surface area (Å²) in [5.41, 5.74) is -0.143. The van der Waals surface area contributed by atoms with E-state index in [1.54, 1.807) is 0 Å². The first-order valence-corrected chi connectivity index (χ1v) is 6.28. The molecule has 1 aromatic rings. The summed E-state index contributed by atoms with van der Waals surface area (Å²) in [7, 11) is 0. The van der Waals surface area contributed by atoms with Crippen LogP contribution in [0.2, 0.25) is 0 Å². The molecule has 1 heterocycles. The molecule has 2 atom stereocenters. The summed E-state index contributed by atoms with van der Waals surface area (Å²) >= 11 is 0. The molecule has 0 amide bonds. The summed E-state index contributed by atoms with van der Waals surface area (Å²) in [6.07, 6.45) is 2.23. The minimum Gasteiger partial charge on any atom is -0.314 e. The van der Waals surface area contributed by atoms with Gasteiger partial charge in [-0.25, -0.2) is 8.78 Å². The Labute approximate surface area is 105 Å². The van der Waals surface area contributed by atoms with Crippen molar-refractivity contribution in [1.82, 2.24) is 5.32 Å². The summed E-state index contributed by atoms with van der Waals surface area (Å²) in [6.45, 7) is 3.02. The third-order valence-electron chi connectivity index (χ3n) is 3.44. The molecule has 0 aliphatic carbocycles. The average molecular weight is 253 g/mol. The predicted octanol–water partition coefficient (Wildman–Crippen LogP) is 2.93. The van der Waals surface area contributed by atoms with E-state index in [1.807, 2.05) is 0 Å². The van der Waals surface area contributed by atoms with Gasteiger partial charge in [0.25, 0.3) is 0 Å². The van der Waals surface area contributed by atoms with Crippen LogP contribution in [0.25, 0.3) is 0 Å². The summed E-state index contributed by atoms with van der Waals surface area (Å²) in [6, 6.07) is 3.80. The van der Waals surface area contributed by atoms with E-state index in [9.17, 15) is 13.6 Å². The fraction of sp³-hybridized carbons (Fsp3) is 0.500. The molecule has 4 heteroatoms. The highest BCUT2D eigenvalue weighted by Gasteiger charge is 2.23. The predicted molar refractivity (Wildman–Crippen MR) is 65.5 cm³/mol. The molecule has 0 radical (unpaired) electrons. The van der Waals surface area contributed by atoms with Crippen molar-refractivity contribution in [2.24, 2.45) is 5.92 Å². The lowest BCUT2D eigenvalue weighted by Crippen LogP contribution is -2.38. The second-order valence-electron chi connectivity index (χ2n) is 5.01. The molecule has 0 saturated carbocycles. The van der Waals surface area contributed by atoms with Crippen molar-refractivity contribution in [3.05, 3.63) is 35.4 Å². The molecule has 1 N–H and O–H groups in total. The van der Waals surface area contributed by atoms with E-state index in [1.165, 1.54) is 12.1 Å². The second-order valence-corrected chi connectivity index (χ2v) is 5.01. The van der Waals surface area contributed by atoms with E-state index in [0.29, 0.717) is 5.92 Å². The van der Waals surface area contributed by atoms with Crippen LogP contribution in [0.1, 0.15) is 36.5 Å². The van der Waals surface area contributed by atoms with E-state index >= 15 is 0 Å². The van der Waals surface area contributed by atoms with Crippen LogP contribution in [-0.4, -0.2) is 18.4 Å². The number of ketones is 1. The monoisotopic (exact) mass is 253 g/mol. The lowest BCUT2D eigenvalue weighted by atomic mass is 9.90. The van der Waals surface area contributed by atoms with Crippen LogP contribution in [0, 0.1) is 17.6 Å². The molecule has 1 aliphatic rings. The first-order valence-electron chi connectivity index (χ1n) is 6.28. The van der Waals surface area contributed by atoms with Crippen LogP contribution in [0.4, 0.5) is 8.78 Å². The topological polar surface area (TPSA) is 29.1 Å². The highest BCUT2D eigenvalue weighted by atomic mass is 19.2. The van der Waals surface area contributed by atoms with Gasteiger partial charge in [-0.2, -0.15) is 0 Å². The summed E-state index contributed by atoms with van der Waals surface area (Å²) in [4.78, 5) is 11.9. The summed E-state index contributed by atoms with van der Waals surface area (Å²) in [5, 5.41) is 3.25. The minimum absolute atomic E-state index is 0.0731. The van der Waals surface area contributed by atoms with Crippen LogP contribution in [-0.2, 0) is 0 Å². The number of benzene rings is 1. The maximum Gasteiger partial charge on any atom is 0.169 e. The number of carbonyl (C=O) groups is 1.